The fraction of sp³-hybridized carbons (Fsp3) is 0.467. The summed E-state index contributed by atoms with van der Waals surface area (Å²) in [6.07, 6.45) is 1.07. The third-order valence-electron chi connectivity index (χ3n) is 4.22. The number of nitrogens with one attached hydrogen (secondary N) is 1. The molecule has 5 nitrogen and oxygen atoms in total. The molecular weight excluding hydrogens is 286 g/mol. The van der Waals surface area contributed by atoms with E-state index < -0.39 is 0 Å². The Labute approximate surface area is 129 Å². The largest absolute Gasteiger partial charge is 0.338 e. The van der Waals surface area contributed by atoms with Crippen molar-refractivity contribution in [2.24, 2.45) is 11.7 Å². The van der Waals surface area contributed by atoms with Gasteiger partial charge < -0.3 is 10.6 Å². The molecule has 21 heavy (non-hydrogen) atoms. The fourth-order valence-corrected chi connectivity index (χ4v) is 2.84. The standard InChI is InChI=1S/C15H20ClN5/c1-9-6-7-21(8-12(9)17)15-18-14(19-20-15)11-5-3-4-10(2)13(11)16/h3-5,9,12H,6-8,17H2,1-2H3,(H,18,19,20). The molecule has 1 aliphatic rings. The van der Waals surface area contributed by atoms with Gasteiger partial charge in [0.15, 0.2) is 5.82 Å². The van der Waals surface area contributed by atoms with Gasteiger partial charge in [-0.05, 0) is 30.9 Å². The Hall–Kier alpha value is -1.59. The van der Waals surface area contributed by atoms with E-state index >= 15 is 0 Å². The van der Waals surface area contributed by atoms with E-state index in [2.05, 4.69) is 27.0 Å². The van der Waals surface area contributed by atoms with E-state index in [1.807, 2.05) is 25.1 Å². The number of aromatic nitrogens is 3. The van der Waals surface area contributed by atoms with Gasteiger partial charge in [-0.3, -0.25) is 5.10 Å². The maximum atomic E-state index is 6.34. The van der Waals surface area contributed by atoms with Crippen molar-refractivity contribution in [3.8, 4) is 11.4 Å². The Kier molecular flexibility index (Phi) is 3.87. The first-order valence-electron chi connectivity index (χ1n) is 7.24. The van der Waals surface area contributed by atoms with Gasteiger partial charge in [-0.15, -0.1) is 5.10 Å². The highest BCUT2D eigenvalue weighted by molar-refractivity contribution is 6.33. The topological polar surface area (TPSA) is 70.8 Å². The molecule has 1 saturated heterocycles. The summed E-state index contributed by atoms with van der Waals surface area (Å²) < 4.78 is 0. The van der Waals surface area contributed by atoms with Crippen LogP contribution < -0.4 is 10.6 Å². The van der Waals surface area contributed by atoms with Crippen LogP contribution in [0.25, 0.3) is 11.4 Å². The molecule has 0 amide bonds. The van der Waals surface area contributed by atoms with E-state index in [1.54, 1.807) is 0 Å². The summed E-state index contributed by atoms with van der Waals surface area (Å²) in [5, 5.41) is 8.02. The van der Waals surface area contributed by atoms with Gasteiger partial charge in [-0.25, -0.2) is 0 Å². The Bertz CT molecular complexity index is 639. The highest BCUT2D eigenvalue weighted by Gasteiger charge is 2.25. The fourth-order valence-electron chi connectivity index (χ4n) is 2.63. The van der Waals surface area contributed by atoms with E-state index in [9.17, 15) is 0 Å². The third kappa shape index (κ3) is 2.76. The predicted molar refractivity (Wildman–Crippen MR) is 85.5 cm³/mol. The van der Waals surface area contributed by atoms with Crippen LogP contribution in [-0.4, -0.2) is 34.3 Å². The predicted octanol–water partition coefficient (Wildman–Crippen LogP) is 2.61. The van der Waals surface area contributed by atoms with Crippen LogP contribution in [0.15, 0.2) is 18.2 Å². The Morgan fingerprint density at radius 3 is 3.00 bits per heavy atom. The number of benzene rings is 1. The second-order valence-corrected chi connectivity index (χ2v) is 6.17. The van der Waals surface area contributed by atoms with Gasteiger partial charge in [-0.1, -0.05) is 30.7 Å². The molecule has 1 aliphatic heterocycles. The Morgan fingerprint density at radius 2 is 2.24 bits per heavy atom. The molecule has 2 unspecified atom stereocenters. The number of anilines is 1. The quantitative estimate of drug-likeness (QED) is 0.894. The van der Waals surface area contributed by atoms with Crippen molar-refractivity contribution in [3.05, 3.63) is 28.8 Å². The minimum Gasteiger partial charge on any atom is -0.338 e. The molecule has 0 saturated carbocycles. The second kappa shape index (κ2) is 5.66. The van der Waals surface area contributed by atoms with Gasteiger partial charge in [-0.2, -0.15) is 4.98 Å². The molecule has 3 rings (SSSR count). The number of piperidine rings is 1. The number of hydrogen-bond acceptors (Lipinski definition) is 4. The van der Waals surface area contributed by atoms with Crippen molar-refractivity contribution in [2.75, 3.05) is 18.0 Å². The molecule has 0 spiro atoms. The summed E-state index contributed by atoms with van der Waals surface area (Å²) in [7, 11) is 0. The van der Waals surface area contributed by atoms with Crippen LogP contribution in [0, 0.1) is 12.8 Å². The SMILES string of the molecule is Cc1cccc(-c2nc(N3CCC(C)C(N)C3)n[nH]2)c1Cl. The minimum atomic E-state index is 0.170. The van der Waals surface area contributed by atoms with Crippen LogP contribution >= 0.6 is 11.6 Å². The van der Waals surface area contributed by atoms with E-state index in [0.717, 1.165) is 30.6 Å². The summed E-state index contributed by atoms with van der Waals surface area (Å²) in [5.41, 5.74) is 8.05. The van der Waals surface area contributed by atoms with E-state index in [-0.39, 0.29) is 6.04 Å². The molecule has 1 aromatic heterocycles. The molecule has 0 aliphatic carbocycles. The van der Waals surface area contributed by atoms with Crippen molar-refractivity contribution >= 4 is 17.5 Å². The van der Waals surface area contributed by atoms with Gasteiger partial charge >= 0.3 is 0 Å². The zero-order valence-electron chi connectivity index (χ0n) is 12.3. The number of rotatable bonds is 2. The minimum absolute atomic E-state index is 0.170. The maximum absolute atomic E-state index is 6.34. The molecule has 2 aromatic rings. The van der Waals surface area contributed by atoms with Crippen LogP contribution in [0.2, 0.25) is 5.02 Å². The van der Waals surface area contributed by atoms with Gasteiger partial charge in [0.25, 0.3) is 0 Å². The Balaban J connectivity index is 1.85. The molecule has 0 bridgehead atoms. The number of nitrogens with two attached hydrogens (primary N) is 1. The molecule has 0 radical (unpaired) electrons. The number of halogens is 1. The first-order valence-corrected chi connectivity index (χ1v) is 7.62. The first-order chi connectivity index (χ1) is 10.1. The van der Waals surface area contributed by atoms with Crippen molar-refractivity contribution < 1.29 is 0 Å². The lowest BCUT2D eigenvalue weighted by atomic mass is 9.95. The maximum Gasteiger partial charge on any atom is 0.245 e. The van der Waals surface area contributed by atoms with Gasteiger partial charge in [0.2, 0.25) is 5.95 Å². The van der Waals surface area contributed by atoms with Crippen LogP contribution in [0.3, 0.4) is 0 Å². The van der Waals surface area contributed by atoms with Crippen molar-refractivity contribution in [2.45, 2.75) is 26.3 Å². The zero-order chi connectivity index (χ0) is 15.0. The van der Waals surface area contributed by atoms with E-state index in [1.165, 1.54) is 0 Å². The monoisotopic (exact) mass is 305 g/mol. The average Bonchev–Trinajstić information content (AvgIpc) is 2.94. The number of H-pyrrole nitrogens is 1. The summed E-state index contributed by atoms with van der Waals surface area (Å²) in [6, 6.07) is 6.07. The van der Waals surface area contributed by atoms with Gasteiger partial charge in [0.1, 0.15) is 0 Å². The van der Waals surface area contributed by atoms with Gasteiger partial charge in [0, 0.05) is 24.7 Å². The van der Waals surface area contributed by atoms with Gasteiger partial charge in [0.05, 0.1) is 5.02 Å². The number of aromatic amines is 1. The lowest BCUT2D eigenvalue weighted by molar-refractivity contribution is 0.376. The van der Waals surface area contributed by atoms with Crippen LogP contribution in [0.5, 0.6) is 0 Å². The van der Waals surface area contributed by atoms with Crippen LogP contribution in [0.4, 0.5) is 5.95 Å². The normalized spacial score (nSPS) is 22.6. The molecule has 1 aromatic carbocycles. The lowest BCUT2D eigenvalue weighted by Gasteiger charge is -2.34. The summed E-state index contributed by atoms with van der Waals surface area (Å²) in [4.78, 5) is 6.72. The van der Waals surface area contributed by atoms with Crippen molar-refractivity contribution in [1.82, 2.24) is 15.2 Å². The average molecular weight is 306 g/mol. The molecule has 2 heterocycles. The smallest absolute Gasteiger partial charge is 0.245 e. The molecular formula is C15H20ClN5. The van der Waals surface area contributed by atoms with Crippen molar-refractivity contribution in [3.63, 3.8) is 0 Å². The highest BCUT2D eigenvalue weighted by Crippen LogP contribution is 2.29. The zero-order valence-corrected chi connectivity index (χ0v) is 13.1. The summed E-state index contributed by atoms with van der Waals surface area (Å²) in [6.45, 7) is 5.90. The second-order valence-electron chi connectivity index (χ2n) is 5.80. The molecule has 3 N–H and O–H groups in total. The molecule has 2 atom stereocenters. The molecule has 1 fully saturated rings. The molecule has 112 valence electrons. The lowest BCUT2D eigenvalue weighted by Crippen LogP contribution is -2.48. The summed E-state index contributed by atoms with van der Waals surface area (Å²) >= 11 is 6.34. The number of hydrogen-bond donors (Lipinski definition) is 2. The summed E-state index contributed by atoms with van der Waals surface area (Å²) in [5.74, 6) is 1.95. The van der Waals surface area contributed by atoms with Crippen molar-refractivity contribution in [1.29, 1.82) is 0 Å². The highest BCUT2D eigenvalue weighted by atomic mass is 35.5. The van der Waals surface area contributed by atoms with Crippen LogP contribution in [0.1, 0.15) is 18.9 Å². The van der Waals surface area contributed by atoms with E-state index in [4.69, 9.17) is 17.3 Å². The number of aryl methyl sites for hydroxylation is 1. The van der Waals surface area contributed by atoms with E-state index in [0.29, 0.717) is 22.7 Å². The third-order valence-corrected chi connectivity index (χ3v) is 4.72. The Morgan fingerprint density at radius 1 is 1.43 bits per heavy atom. The molecule has 6 heteroatoms. The first kappa shape index (κ1) is 14.4. The number of nitrogens with zero attached hydrogens (tertiary/aromatic N) is 3. The van der Waals surface area contributed by atoms with Crippen LogP contribution in [-0.2, 0) is 0 Å².